The molecule has 9 heteroatoms. The number of nitrogens with two attached hydrogens (primary N) is 1. The summed E-state index contributed by atoms with van der Waals surface area (Å²) in [5.74, 6) is -1.15. The number of likely N-dealkylation sites (tertiary alicyclic amines) is 2. The molecule has 3 amide bonds. The van der Waals surface area contributed by atoms with E-state index in [2.05, 4.69) is 5.32 Å². The highest BCUT2D eigenvalue weighted by molar-refractivity contribution is 6.01. The largest absolute Gasteiger partial charge is 0.399 e. The van der Waals surface area contributed by atoms with Gasteiger partial charge in [-0.3, -0.25) is 19.2 Å². The standard InChI is InChI=1S/C25H34N4O5/c1-15(2)13-18(27-22(31)16-5-7-17(26)8-6-16)23(32)28-12-9-19-21(28)20(30)14-29(19)24(33)25(34)10-3-4-11-25/h5-8,15,18-19,21,34H,3-4,9-14,26H2,1-2H3,(H,27,31). The lowest BCUT2D eigenvalue weighted by molar-refractivity contribution is -0.152. The fourth-order valence-electron chi connectivity index (χ4n) is 5.55. The van der Waals surface area contributed by atoms with Crippen LogP contribution in [0, 0.1) is 5.92 Å². The number of nitrogens with zero attached hydrogens (tertiary/aromatic N) is 2. The van der Waals surface area contributed by atoms with Gasteiger partial charge in [-0.05, 0) is 68.7 Å². The van der Waals surface area contributed by atoms with Gasteiger partial charge in [-0.25, -0.2) is 0 Å². The molecule has 0 spiro atoms. The van der Waals surface area contributed by atoms with E-state index >= 15 is 0 Å². The number of fused-ring (bicyclic) bond motifs is 1. The van der Waals surface area contributed by atoms with E-state index in [9.17, 15) is 24.3 Å². The maximum absolute atomic E-state index is 13.6. The average Bonchev–Trinajstić information content (AvgIpc) is 3.50. The SMILES string of the molecule is CC(C)CC(NC(=O)c1ccc(N)cc1)C(=O)N1CCC2C1C(=O)CN2C(=O)C1(O)CCCC1. The number of Topliss-reactive ketones (excluding diaryl/α,β-unsaturated/α-hetero) is 1. The average molecular weight is 471 g/mol. The Morgan fingerprint density at radius 3 is 2.41 bits per heavy atom. The van der Waals surface area contributed by atoms with Crippen LogP contribution in [0.1, 0.15) is 62.7 Å². The van der Waals surface area contributed by atoms with E-state index in [4.69, 9.17) is 5.73 Å². The van der Waals surface area contributed by atoms with Crippen LogP contribution >= 0.6 is 0 Å². The molecule has 0 aromatic heterocycles. The third-order valence-corrected chi connectivity index (χ3v) is 7.28. The van der Waals surface area contributed by atoms with E-state index in [1.54, 1.807) is 24.3 Å². The van der Waals surface area contributed by atoms with Gasteiger partial charge in [0.25, 0.3) is 11.8 Å². The lowest BCUT2D eigenvalue weighted by atomic mass is 9.99. The van der Waals surface area contributed by atoms with Crippen molar-refractivity contribution in [3.63, 3.8) is 0 Å². The van der Waals surface area contributed by atoms with Crippen LogP contribution in [0.15, 0.2) is 24.3 Å². The molecule has 9 nitrogen and oxygen atoms in total. The Morgan fingerprint density at radius 1 is 1.15 bits per heavy atom. The molecule has 2 aliphatic heterocycles. The van der Waals surface area contributed by atoms with Crippen LogP contribution in [0.3, 0.4) is 0 Å². The lowest BCUT2D eigenvalue weighted by Gasteiger charge is -2.31. The number of benzene rings is 1. The first kappa shape index (κ1) is 24.2. The minimum atomic E-state index is -1.40. The van der Waals surface area contributed by atoms with Crippen LogP contribution in [0.5, 0.6) is 0 Å². The number of hydrogen-bond acceptors (Lipinski definition) is 6. The third kappa shape index (κ3) is 4.53. The van der Waals surface area contributed by atoms with Crippen molar-refractivity contribution in [1.82, 2.24) is 15.1 Å². The molecule has 3 unspecified atom stereocenters. The summed E-state index contributed by atoms with van der Waals surface area (Å²) in [5.41, 5.74) is 5.23. The summed E-state index contributed by atoms with van der Waals surface area (Å²) < 4.78 is 0. The second-order valence-electron chi connectivity index (χ2n) is 10.2. The molecular weight excluding hydrogens is 436 g/mol. The molecule has 3 fully saturated rings. The maximum atomic E-state index is 13.6. The van der Waals surface area contributed by atoms with Gasteiger partial charge in [0.1, 0.15) is 17.7 Å². The van der Waals surface area contributed by atoms with Gasteiger partial charge in [0.05, 0.1) is 12.6 Å². The first-order valence-electron chi connectivity index (χ1n) is 12.1. The molecule has 2 heterocycles. The van der Waals surface area contributed by atoms with Crippen LogP contribution in [0.25, 0.3) is 0 Å². The van der Waals surface area contributed by atoms with E-state index in [-0.39, 0.29) is 30.1 Å². The summed E-state index contributed by atoms with van der Waals surface area (Å²) in [6, 6.07) is 4.50. The van der Waals surface area contributed by atoms with Gasteiger partial charge in [-0.15, -0.1) is 0 Å². The van der Waals surface area contributed by atoms with E-state index in [0.717, 1.165) is 12.8 Å². The second-order valence-corrected chi connectivity index (χ2v) is 10.2. The number of nitrogens with one attached hydrogen (secondary N) is 1. The molecule has 4 N–H and O–H groups in total. The number of carbonyl (C=O) groups excluding carboxylic acids is 4. The molecule has 1 aromatic rings. The Labute approximate surface area is 199 Å². The van der Waals surface area contributed by atoms with Gasteiger partial charge in [0.15, 0.2) is 5.78 Å². The number of carbonyl (C=O) groups is 4. The molecule has 1 saturated carbocycles. The molecule has 34 heavy (non-hydrogen) atoms. The minimum Gasteiger partial charge on any atom is -0.399 e. The summed E-state index contributed by atoms with van der Waals surface area (Å²) in [4.78, 5) is 55.4. The Hall–Kier alpha value is -2.94. The first-order valence-corrected chi connectivity index (χ1v) is 12.1. The van der Waals surface area contributed by atoms with Crippen LogP contribution < -0.4 is 11.1 Å². The van der Waals surface area contributed by atoms with Crippen molar-refractivity contribution in [3.05, 3.63) is 29.8 Å². The van der Waals surface area contributed by atoms with E-state index in [1.807, 2.05) is 13.8 Å². The lowest BCUT2D eigenvalue weighted by Crippen LogP contribution is -2.53. The van der Waals surface area contributed by atoms with Gasteiger partial charge < -0.3 is 26.0 Å². The Morgan fingerprint density at radius 2 is 1.79 bits per heavy atom. The van der Waals surface area contributed by atoms with E-state index < -0.39 is 29.6 Å². The highest BCUT2D eigenvalue weighted by Gasteiger charge is 2.55. The van der Waals surface area contributed by atoms with Gasteiger partial charge in [0.2, 0.25) is 5.91 Å². The smallest absolute Gasteiger partial charge is 0.255 e. The molecule has 0 radical (unpaired) electrons. The van der Waals surface area contributed by atoms with Gasteiger partial charge in [-0.2, -0.15) is 0 Å². The van der Waals surface area contributed by atoms with Crippen molar-refractivity contribution < 1.29 is 24.3 Å². The van der Waals surface area contributed by atoms with Crippen molar-refractivity contribution in [2.75, 3.05) is 18.8 Å². The zero-order chi connectivity index (χ0) is 24.6. The quantitative estimate of drug-likeness (QED) is 0.533. The first-order chi connectivity index (χ1) is 16.1. The Kier molecular flexibility index (Phi) is 6.66. The van der Waals surface area contributed by atoms with Gasteiger partial charge in [0, 0.05) is 17.8 Å². The molecule has 184 valence electrons. The molecule has 3 aliphatic rings. The summed E-state index contributed by atoms with van der Waals surface area (Å²) >= 11 is 0. The normalized spacial score (nSPS) is 24.4. The number of hydrogen-bond donors (Lipinski definition) is 3. The summed E-state index contributed by atoms with van der Waals surface area (Å²) in [6.07, 6.45) is 3.28. The monoisotopic (exact) mass is 470 g/mol. The van der Waals surface area contributed by atoms with Crippen LogP contribution in [-0.2, 0) is 14.4 Å². The zero-order valence-electron chi connectivity index (χ0n) is 19.8. The fourth-order valence-corrected chi connectivity index (χ4v) is 5.55. The molecule has 4 rings (SSSR count). The molecule has 1 aromatic carbocycles. The van der Waals surface area contributed by atoms with Crippen molar-refractivity contribution in [3.8, 4) is 0 Å². The third-order valence-electron chi connectivity index (χ3n) is 7.28. The van der Waals surface area contributed by atoms with Crippen molar-refractivity contribution >= 4 is 29.2 Å². The summed E-state index contributed by atoms with van der Waals surface area (Å²) in [6.45, 7) is 4.17. The second kappa shape index (κ2) is 9.37. The number of ketones is 1. The highest BCUT2D eigenvalue weighted by Crippen LogP contribution is 2.37. The predicted molar refractivity (Wildman–Crippen MR) is 126 cm³/mol. The number of aliphatic hydroxyl groups is 1. The molecule has 2 saturated heterocycles. The number of rotatable bonds is 6. The number of amides is 3. The van der Waals surface area contributed by atoms with E-state index in [1.165, 1.54) is 9.80 Å². The molecule has 1 aliphatic carbocycles. The number of anilines is 1. The molecule has 0 bridgehead atoms. The van der Waals surface area contributed by atoms with Crippen LogP contribution in [-0.4, -0.2) is 75.2 Å². The highest BCUT2D eigenvalue weighted by atomic mass is 16.3. The Bertz CT molecular complexity index is 970. The van der Waals surface area contributed by atoms with Crippen LogP contribution in [0.2, 0.25) is 0 Å². The zero-order valence-corrected chi connectivity index (χ0v) is 19.8. The minimum absolute atomic E-state index is 0.0904. The Balaban J connectivity index is 1.50. The maximum Gasteiger partial charge on any atom is 0.255 e. The number of nitrogen functional groups attached to an aromatic ring is 1. The molecular formula is C25H34N4O5. The van der Waals surface area contributed by atoms with Gasteiger partial charge in [-0.1, -0.05) is 13.8 Å². The molecule has 3 atom stereocenters. The topological polar surface area (TPSA) is 133 Å². The predicted octanol–water partition coefficient (Wildman–Crippen LogP) is 1.10. The van der Waals surface area contributed by atoms with Crippen molar-refractivity contribution in [2.45, 2.75) is 76.1 Å². The van der Waals surface area contributed by atoms with Crippen LogP contribution in [0.4, 0.5) is 5.69 Å². The summed E-state index contributed by atoms with van der Waals surface area (Å²) in [7, 11) is 0. The van der Waals surface area contributed by atoms with E-state index in [0.29, 0.717) is 43.5 Å². The summed E-state index contributed by atoms with van der Waals surface area (Å²) in [5, 5.41) is 13.6. The van der Waals surface area contributed by atoms with Crippen molar-refractivity contribution in [1.29, 1.82) is 0 Å². The fraction of sp³-hybridized carbons (Fsp3) is 0.600. The van der Waals surface area contributed by atoms with Crippen molar-refractivity contribution in [2.24, 2.45) is 5.92 Å². The van der Waals surface area contributed by atoms with Gasteiger partial charge >= 0.3 is 0 Å².